The first kappa shape index (κ1) is 16.3. The minimum absolute atomic E-state index is 0.0418. The minimum Gasteiger partial charge on any atom is -0.493 e. The molecule has 0 spiro atoms. The summed E-state index contributed by atoms with van der Waals surface area (Å²) in [7, 11) is 1.53. The monoisotopic (exact) mass is 331 g/mol. The number of furan rings is 1. The molecule has 1 fully saturated rings. The third kappa shape index (κ3) is 3.51. The van der Waals surface area contributed by atoms with Crippen molar-refractivity contribution in [2.24, 2.45) is 0 Å². The van der Waals surface area contributed by atoms with Gasteiger partial charge in [0, 0.05) is 25.2 Å². The average molecular weight is 331 g/mol. The van der Waals surface area contributed by atoms with Gasteiger partial charge in [0.25, 0.3) is 0 Å². The fraction of sp³-hybridized carbons (Fsp3) is 0.412. The van der Waals surface area contributed by atoms with E-state index in [0.717, 1.165) is 12.8 Å². The summed E-state index contributed by atoms with van der Waals surface area (Å²) >= 11 is 0. The quantitative estimate of drug-likeness (QED) is 0.879. The number of nitrogens with one attached hydrogen (secondary N) is 1. The number of hydrogen-bond donors (Lipinski definition) is 2. The molecular weight excluding hydrogens is 310 g/mol. The van der Waals surface area contributed by atoms with E-state index in [-0.39, 0.29) is 12.1 Å². The average Bonchev–Trinajstić information content (AvgIpc) is 3.27. The number of anilines is 1. The second kappa shape index (κ2) is 7.35. The molecule has 0 unspecified atom stereocenters. The van der Waals surface area contributed by atoms with E-state index < -0.39 is 6.10 Å². The molecule has 7 nitrogen and oxygen atoms in total. The molecular formula is C17H21N3O4. The summed E-state index contributed by atoms with van der Waals surface area (Å²) in [5.41, 5.74) is 0. The number of hydrogen-bond acceptors (Lipinski definition) is 5. The van der Waals surface area contributed by atoms with Crippen molar-refractivity contribution < 1.29 is 19.1 Å². The number of ether oxygens (including phenoxy) is 1. The molecule has 3 rings (SSSR count). The van der Waals surface area contributed by atoms with Crippen molar-refractivity contribution in [3.05, 3.63) is 42.5 Å². The van der Waals surface area contributed by atoms with E-state index in [1.54, 1.807) is 35.4 Å². The van der Waals surface area contributed by atoms with E-state index in [1.165, 1.54) is 13.4 Å². The Morgan fingerprint density at radius 3 is 3.17 bits per heavy atom. The molecule has 0 radical (unpaired) electrons. The molecule has 1 aliphatic heterocycles. The Bertz CT molecular complexity index is 674. The van der Waals surface area contributed by atoms with Crippen LogP contribution in [0.25, 0.3) is 0 Å². The Labute approximate surface area is 140 Å². The largest absolute Gasteiger partial charge is 0.493 e. The van der Waals surface area contributed by atoms with Crippen molar-refractivity contribution in [3.8, 4) is 5.75 Å². The second-order valence-electron chi connectivity index (χ2n) is 5.74. The van der Waals surface area contributed by atoms with Crippen LogP contribution < -0.4 is 10.1 Å². The lowest BCUT2D eigenvalue weighted by atomic mass is 10.1. The molecule has 0 saturated carbocycles. The Kier molecular flexibility index (Phi) is 5.00. The van der Waals surface area contributed by atoms with Gasteiger partial charge in [-0.1, -0.05) is 0 Å². The first-order valence-corrected chi connectivity index (χ1v) is 7.97. The van der Waals surface area contributed by atoms with Crippen LogP contribution in [0, 0.1) is 0 Å². The summed E-state index contributed by atoms with van der Waals surface area (Å²) in [5.74, 6) is 1.42. The highest BCUT2D eigenvalue weighted by Crippen LogP contribution is 2.29. The topological polar surface area (TPSA) is 87.8 Å². The van der Waals surface area contributed by atoms with Crippen molar-refractivity contribution in [3.63, 3.8) is 0 Å². The molecule has 3 heterocycles. The van der Waals surface area contributed by atoms with Gasteiger partial charge < -0.3 is 19.2 Å². The second-order valence-corrected chi connectivity index (χ2v) is 5.74. The van der Waals surface area contributed by atoms with Gasteiger partial charge in [0.2, 0.25) is 0 Å². The standard InChI is InChI=1S/C17H21N3O4/c1-23-15-6-2-8-18-16(15)19-17(22)20-9-3-5-12(20)11-13(21)14-7-4-10-24-14/h2,4,6-8,10,12-13,21H,3,5,9,11H2,1H3,(H,18,19,22)/t12-,13-/m0/s1. The third-order valence-corrected chi connectivity index (χ3v) is 4.22. The number of carbonyl (C=O) groups is 1. The number of aliphatic hydroxyl groups is 1. The van der Waals surface area contributed by atoms with E-state index in [9.17, 15) is 9.90 Å². The number of aliphatic hydroxyl groups excluding tert-OH is 1. The zero-order chi connectivity index (χ0) is 16.9. The van der Waals surface area contributed by atoms with Gasteiger partial charge in [-0.25, -0.2) is 9.78 Å². The highest BCUT2D eigenvalue weighted by Gasteiger charge is 2.31. The number of aromatic nitrogens is 1. The molecule has 1 saturated heterocycles. The van der Waals surface area contributed by atoms with Crippen molar-refractivity contribution in [1.82, 2.24) is 9.88 Å². The van der Waals surface area contributed by atoms with Gasteiger partial charge in [0.05, 0.1) is 13.4 Å². The fourth-order valence-electron chi connectivity index (χ4n) is 3.03. The van der Waals surface area contributed by atoms with Crippen molar-refractivity contribution in [1.29, 1.82) is 0 Å². The van der Waals surface area contributed by atoms with E-state index in [4.69, 9.17) is 9.15 Å². The van der Waals surface area contributed by atoms with E-state index in [1.807, 2.05) is 0 Å². The van der Waals surface area contributed by atoms with Gasteiger partial charge in [-0.15, -0.1) is 0 Å². The van der Waals surface area contributed by atoms with Crippen LogP contribution in [0.4, 0.5) is 10.6 Å². The Hall–Kier alpha value is -2.54. The summed E-state index contributed by atoms with van der Waals surface area (Å²) in [4.78, 5) is 18.5. The van der Waals surface area contributed by atoms with E-state index >= 15 is 0 Å². The van der Waals surface area contributed by atoms with Gasteiger partial charge in [-0.2, -0.15) is 0 Å². The van der Waals surface area contributed by atoms with Gasteiger partial charge in [0.1, 0.15) is 11.9 Å². The Balaban J connectivity index is 1.65. The first-order chi connectivity index (χ1) is 11.7. The lowest BCUT2D eigenvalue weighted by molar-refractivity contribution is 0.110. The maximum Gasteiger partial charge on any atom is 0.323 e. The number of pyridine rings is 1. The molecule has 2 aromatic heterocycles. The van der Waals surface area contributed by atoms with Gasteiger partial charge in [0.15, 0.2) is 11.6 Å². The van der Waals surface area contributed by atoms with Crippen LogP contribution in [0.15, 0.2) is 41.1 Å². The van der Waals surface area contributed by atoms with Crippen LogP contribution >= 0.6 is 0 Å². The summed E-state index contributed by atoms with van der Waals surface area (Å²) < 4.78 is 10.4. The van der Waals surface area contributed by atoms with Crippen molar-refractivity contribution in [2.45, 2.75) is 31.4 Å². The molecule has 128 valence electrons. The number of carbonyl (C=O) groups excluding carboxylic acids is 1. The van der Waals surface area contributed by atoms with Crippen molar-refractivity contribution in [2.75, 3.05) is 19.0 Å². The maximum absolute atomic E-state index is 12.6. The summed E-state index contributed by atoms with van der Waals surface area (Å²) in [6, 6.07) is 6.69. The molecule has 2 amide bonds. The SMILES string of the molecule is COc1cccnc1NC(=O)N1CCC[C@H]1C[C@H](O)c1ccco1. The van der Waals surface area contributed by atoms with Gasteiger partial charge >= 0.3 is 6.03 Å². The minimum atomic E-state index is -0.720. The van der Waals surface area contributed by atoms with Crippen molar-refractivity contribution >= 4 is 11.8 Å². The number of rotatable bonds is 5. The van der Waals surface area contributed by atoms with Gasteiger partial charge in [-0.05, 0) is 37.1 Å². The maximum atomic E-state index is 12.6. The number of urea groups is 1. The Morgan fingerprint density at radius 2 is 2.42 bits per heavy atom. The summed E-state index contributed by atoms with van der Waals surface area (Å²) in [6.45, 7) is 0.649. The molecule has 0 aromatic carbocycles. The van der Waals surface area contributed by atoms with Crippen LogP contribution in [-0.2, 0) is 0 Å². The zero-order valence-electron chi connectivity index (χ0n) is 13.5. The number of amides is 2. The molecule has 24 heavy (non-hydrogen) atoms. The Morgan fingerprint density at radius 1 is 1.54 bits per heavy atom. The molecule has 0 bridgehead atoms. The predicted molar refractivity (Wildman–Crippen MR) is 87.8 cm³/mol. The fourth-order valence-corrected chi connectivity index (χ4v) is 3.03. The first-order valence-electron chi connectivity index (χ1n) is 7.97. The van der Waals surface area contributed by atoms with E-state index in [2.05, 4.69) is 10.3 Å². The van der Waals surface area contributed by atoms with Crippen LogP contribution in [0.2, 0.25) is 0 Å². The molecule has 0 aliphatic carbocycles. The van der Waals surface area contributed by atoms with Crippen LogP contribution in [0.3, 0.4) is 0 Å². The summed E-state index contributed by atoms with van der Waals surface area (Å²) in [5, 5.41) is 13.0. The third-order valence-electron chi connectivity index (χ3n) is 4.22. The summed E-state index contributed by atoms with van der Waals surface area (Å²) in [6.07, 6.45) is 4.61. The highest BCUT2D eigenvalue weighted by atomic mass is 16.5. The normalized spacial score (nSPS) is 18.4. The molecule has 2 atom stereocenters. The number of methoxy groups -OCH3 is 1. The zero-order valence-corrected chi connectivity index (χ0v) is 13.5. The van der Waals surface area contributed by atoms with E-state index in [0.29, 0.717) is 30.3 Å². The number of likely N-dealkylation sites (tertiary alicyclic amines) is 1. The highest BCUT2D eigenvalue weighted by molar-refractivity contribution is 5.90. The molecule has 2 N–H and O–H groups in total. The molecule has 7 heteroatoms. The number of nitrogens with zero attached hydrogens (tertiary/aromatic N) is 2. The smallest absolute Gasteiger partial charge is 0.323 e. The lowest BCUT2D eigenvalue weighted by Gasteiger charge is -2.26. The lowest BCUT2D eigenvalue weighted by Crippen LogP contribution is -2.39. The van der Waals surface area contributed by atoms with Crippen LogP contribution in [-0.4, -0.2) is 40.7 Å². The molecule has 1 aliphatic rings. The molecule has 2 aromatic rings. The predicted octanol–water partition coefficient (Wildman–Crippen LogP) is 2.80. The van der Waals surface area contributed by atoms with Crippen LogP contribution in [0.5, 0.6) is 5.75 Å². The van der Waals surface area contributed by atoms with Crippen LogP contribution in [0.1, 0.15) is 31.1 Å². The van der Waals surface area contributed by atoms with Gasteiger partial charge in [-0.3, -0.25) is 5.32 Å².